The lowest BCUT2D eigenvalue weighted by Gasteiger charge is -2.43. The summed E-state index contributed by atoms with van der Waals surface area (Å²) >= 11 is 0. The van der Waals surface area contributed by atoms with Gasteiger partial charge < -0.3 is 9.80 Å². The summed E-state index contributed by atoms with van der Waals surface area (Å²) in [5, 5.41) is 4.26. The summed E-state index contributed by atoms with van der Waals surface area (Å²) in [5.41, 5.74) is 1.74. The minimum Gasteiger partial charge on any atom is -0.336 e. The Hall–Kier alpha value is -3.90. The molecule has 0 aliphatic carbocycles. The Labute approximate surface area is 224 Å². The van der Waals surface area contributed by atoms with E-state index in [2.05, 4.69) is 35.2 Å². The fraction of sp³-hybridized carbons (Fsp3) is 0.312. The van der Waals surface area contributed by atoms with Crippen molar-refractivity contribution >= 4 is 39.2 Å². The minimum absolute atomic E-state index is 0.0624. The molecule has 0 spiro atoms. The number of carbonyl (C=O) groups excluding carboxylic acids is 2. The molecule has 3 amide bonds. The molecule has 2 heterocycles. The topological polar surface area (TPSA) is 47.1 Å². The average Bonchev–Trinajstić information content (AvgIpc) is 2.99. The van der Waals surface area contributed by atoms with Crippen molar-refractivity contribution in [3.63, 3.8) is 0 Å². The van der Waals surface area contributed by atoms with Gasteiger partial charge in [0.1, 0.15) is 0 Å². The third-order valence-electron chi connectivity index (χ3n) is 8.27. The molecule has 0 N–H and O–H groups in total. The average molecular weight is 507 g/mol. The maximum Gasteiger partial charge on any atom is 0.324 e. The molecule has 4 aromatic rings. The predicted molar refractivity (Wildman–Crippen MR) is 154 cm³/mol. The van der Waals surface area contributed by atoms with Crippen LogP contribution < -0.4 is 4.90 Å². The van der Waals surface area contributed by atoms with Crippen LogP contribution in [0.2, 0.25) is 0 Å². The molecule has 2 aliphatic heterocycles. The monoisotopic (exact) mass is 506 g/mol. The maximum absolute atomic E-state index is 13.9. The summed E-state index contributed by atoms with van der Waals surface area (Å²) in [6.07, 6.45) is 1.94. The summed E-state index contributed by atoms with van der Waals surface area (Å²) in [7, 11) is 1.85. The number of anilines is 1. The van der Waals surface area contributed by atoms with Crippen LogP contribution in [-0.2, 0) is 0 Å². The number of piperidine rings is 1. The van der Waals surface area contributed by atoms with Crippen molar-refractivity contribution in [1.82, 2.24) is 14.7 Å². The normalized spacial score (nSPS) is 17.2. The first kappa shape index (κ1) is 24.4. The minimum atomic E-state index is 0.0624. The number of carbonyl (C=O) groups is 2. The fourth-order valence-electron chi connectivity index (χ4n) is 6.09. The number of hydrogen-bond donors (Lipinski definition) is 0. The smallest absolute Gasteiger partial charge is 0.324 e. The summed E-state index contributed by atoms with van der Waals surface area (Å²) in [4.78, 5) is 35.1. The zero-order valence-electron chi connectivity index (χ0n) is 21.9. The van der Waals surface area contributed by atoms with Gasteiger partial charge in [-0.3, -0.25) is 14.6 Å². The Bertz CT molecular complexity index is 1400. The lowest BCUT2D eigenvalue weighted by Crippen LogP contribution is -2.55. The Morgan fingerprint density at radius 1 is 0.684 bits per heavy atom. The predicted octanol–water partition coefficient (Wildman–Crippen LogP) is 5.47. The van der Waals surface area contributed by atoms with E-state index in [-0.39, 0.29) is 11.9 Å². The van der Waals surface area contributed by atoms with Gasteiger partial charge in [-0.2, -0.15) is 0 Å². The van der Waals surface area contributed by atoms with E-state index >= 15 is 0 Å². The molecular formula is C32H34N4O2. The first-order valence-electron chi connectivity index (χ1n) is 13.6. The Kier molecular flexibility index (Phi) is 6.73. The molecule has 6 heteroatoms. The van der Waals surface area contributed by atoms with Crippen LogP contribution in [0.4, 0.5) is 10.5 Å². The van der Waals surface area contributed by atoms with Crippen LogP contribution in [0.5, 0.6) is 0 Å². The molecule has 2 aliphatic rings. The van der Waals surface area contributed by atoms with Crippen LogP contribution in [-0.4, -0.2) is 79.0 Å². The summed E-state index contributed by atoms with van der Waals surface area (Å²) in [6.45, 7) is 4.73. The van der Waals surface area contributed by atoms with Gasteiger partial charge in [-0.15, -0.1) is 0 Å². The number of nitrogens with zero attached hydrogens (tertiary/aromatic N) is 4. The highest BCUT2D eigenvalue weighted by Gasteiger charge is 2.32. The van der Waals surface area contributed by atoms with Gasteiger partial charge in [-0.1, -0.05) is 66.7 Å². The molecule has 6 nitrogen and oxygen atoms in total. The third-order valence-corrected chi connectivity index (χ3v) is 8.27. The largest absolute Gasteiger partial charge is 0.336 e. The van der Waals surface area contributed by atoms with Crippen LogP contribution in [0.1, 0.15) is 23.2 Å². The highest BCUT2D eigenvalue weighted by atomic mass is 16.2. The molecule has 6 rings (SSSR count). The number of rotatable bonds is 3. The first-order valence-corrected chi connectivity index (χ1v) is 13.6. The summed E-state index contributed by atoms with van der Waals surface area (Å²) < 4.78 is 0. The van der Waals surface area contributed by atoms with Crippen LogP contribution in [0.25, 0.3) is 21.5 Å². The van der Waals surface area contributed by atoms with Crippen molar-refractivity contribution in [2.45, 2.75) is 18.9 Å². The highest BCUT2D eigenvalue weighted by Crippen LogP contribution is 2.30. The van der Waals surface area contributed by atoms with Gasteiger partial charge in [0.2, 0.25) is 0 Å². The molecular weight excluding hydrogens is 472 g/mol. The highest BCUT2D eigenvalue weighted by molar-refractivity contribution is 6.18. The molecule has 0 radical (unpaired) electrons. The SMILES string of the molecule is CN(C(=O)N1CCC(N2CCN(C(=O)c3c4ccccc4cc4ccccc34)CC2)CC1)c1ccccc1. The number of fused-ring (bicyclic) bond motifs is 2. The Morgan fingerprint density at radius 2 is 1.24 bits per heavy atom. The van der Waals surface area contributed by atoms with E-state index in [1.807, 2.05) is 71.4 Å². The van der Waals surface area contributed by atoms with E-state index in [9.17, 15) is 9.59 Å². The number of piperazine rings is 1. The Balaban J connectivity index is 1.09. The summed E-state index contributed by atoms with van der Waals surface area (Å²) in [5.74, 6) is 0.127. The maximum atomic E-state index is 13.9. The van der Waals surface area contributed by atoms with E-state index in [4.69, 9.17) is 0 Å². The number of benzene rings is 4. The molecule has 0 bridgehead atoms. The zero-order valence-corrected chi connectivity index (χ0v) is 21.9. The lowest BCUT2D eigenvalue weighted by molar-refractivity contribution is 0.0484. The standard InChI is InChI=1S/C32H34N4O2/c1-33(26-11-3-2-4-12-26)32(38)36-17-15-27(16-18-36)34-19-21-35(22-20-34)31(37)30-28-13-7-5-9-24(28)23-25-10-6-8-14-29(25)30/h2-14,23,27H,15-22H2,1H3. The van der Waals surface area contributed by atoms with Crippen molar-refractivity contribution < 1.29 is 9.59 Å². The van der Waals surface area contributed by atoms with Crippen LogP contribution in [0.15, 0.2) is 84.9 Å². The van der Waals surface area contributed by atoms with E-state index in [1.165, 1.54) is 0 Å². The van der Waals surface area contributed by atoms with E-state index in [0.29, 0.717) is 6.04 Å². The molecule has 0 saturated carbocycles. The van der Waals surface area contributed by atoms with Gasteiger partial charge in [-0.25, -0.2) is 4.79 Å². The number of amides is 3. The van der Waals surface area contributed by atoms with Crippen LogP contribution in [0, 0.1) is 0 Å². The molecule has 0 atom stereocenters. The summed E-state index contributed by atoms with van der Waals surface area (Å²) in [6, 6.07) is 28.9. The number of urea groups is 1. The third kappa shape index (κ3) is 4.61. The second kappa shape index (κ2) is 10.5. The van der Waals surface area contributed by atoms with Crippen LogP contribution in [0.3, 0.4) is 0 Å². The van der Waals surface area contributed by atoms with Crippen molar-refractivity contribution in [1.29, 1.82) is 0 Å². The first-order chi connectivity index (χ1) is 18.6. The molecule has 4 aromatic carbocycles. The van der Waals surface area contributed by atoms with Gasteiger partial charge >= 0.3 is 6.03 Å². The van der Waals surface area contributed by atoms with Gasteiger partial charge in [0, 0.05) is 58.0 Å². The van der Waals surface area contributed by atoms with E-state index in [1.54, 1.807) is 4.90 Å². The van der Waals surface area contributed by atoms with Gasteiger partial charge in [0.15, 0.2) is 0 Å². The fourth-order valence-corrected chi connectivity index (χ4v) is 6.09. The second-order valence-electron chi connectivity index (χ2n) is 10.4. The van der Waals surface area contributed by atoms with E-state index in [0.717, 1.165) is 84.9 Å². The molecule has 0 aromatic heterocycles. The van der Waals surface area contributed by atoms with Crippen molar-refractivity contribution in [3.05, 3.63) is 90.5 Å². The van der Waals surface area contributed by atoms with Crippen molar-refractivity contribution in [3.8, 4) is 0 Å². The van der Waals surface area contributed by atoms with Crippen LogP contribution >= 0.6 is 0 Å². The molecule has 2 fully saturated rings. The zero-order chi connectivity index (χ0) is 26.1. The molecule has 0 unspecified atom stereocenters. The van der Waals surface area contributed by atoms with Crippen molar-refractivity contribution in [2.24, 2.45) is 0 Å². The van der Waals surface area contributed by atoms with Gasteiger partial charge in [-0.05, 0) is 52.6 Å². The number of hydrogen-bond acceptors (Lipinski definition) is 3. The molecule has 194 valence electrons. The molecule has 38 heavy (non-hydrogen) atoms. The number of para-hydroxylation sites is 1. The van der Waals surface area contributed by atoms with Crippen molar-refractivity contribution in [2.75, 3.05) is 51.2 Å². The van der Waals surface area contributed by atoms with E-state index < -0.39 is 0 Å². The molecule has 2 saturated heterocycles. The second-order valence-corrected chi connectivity index (χ2v) is 10.4. The quantitative estimate of drug-likeness (QED) is 0.346. The number of likely N-dealkylation sites (tertiary alicyclic amines) is 1. The van der Waals surface area contributed by atoms with Gasteiger partial charge in [0.05, 0.1) is 5.56 Å². The Morgan fingerprint density at radius 3 is 1.84 bits per heavy atom. The lowest BCUT2D eigenvalue weighted by atomic mass is 9.95. The van der Waals surface area contributed by atoms with Gasteiger partial charge in [0.25, 0.3) is 5.91 Å².